The average molecular weight is 273 g/mol. The van der Waals surface area contributed by atoms with Crippen molar-refractivity contribution in [1.29, 1.82) is 0 Å². The van der Waals surface area contributed by atoms with E-state index in [1.165, 1.54) is 0 Å². The summed E-state index contributed by atoms with van der Waals surface area (Å²) in [6.07, 6.45) is 0. The highest BCUT2D eigenvalue weighted by Gasteiger charge is 2.44. The first-order valence-electron chi connectivity index (χ1n) is 6.89. The summed E-state index contributed by atoms with van der Waals surface area (Å²) in [5.74, 6) is 3.36. The lowest BCUT2D eigenvalue weighted by molar-refractivity contribution is 0.423. The molecule has 0 fully saturated rings. The van der Waals surface area contributed by atoms with Crippen molar-refractivity contribution in [2.24, 2.45) is 0 Å². The summed E-state index contributed by atoms with van der Waals surface area (Å²) in [6, 6.07) is 22.0. The summed E-state index contributed by atoms with van der Waals surface area (Å²) in [6.45, 7) is 0. The van der Waals surface area contributed by atoms with Crippen LogP contribution in [0.25, 0.3) is 0 Å². The van der Waals surface area contributed by atoms with Crippen LogP contribution in [-0.2, 0) is 0 Å². The van der Waals surface area contributed by atoms with Crippen molar-refractivity contribution >= 4 is 17.1 Å². The van der Waals surface area contributed by atoms with Gasteiger partial charge in [-0.1, -0.05) is 30.3 Å². The Morgan fingerprint density at radius 1 is 0.524 bits per heavy atom. The molecule has 0 N–H and O–H groups in total. The van der Waals surface area contributed by atoms with E-state index >= 15 is 0 Å². The number of ether oxygens (including phenoxy) is 2. The summed E-state index contributed by atoms with van der Waals surface area (Å²) < 4.78 is 12.0. The molecule has 1 radical (unpaired) electrons. The second-order valence-corrected chi connectivity index (χ2v) is 5.08. The van der Waals surface area contributed by atoms with Gasteiger partial charge in [0, 0.05) is 12.1 Å². The van der Waals surface area contributed by atoms with Crippen LogP contribution < -0.4 is 14.4 Å². The number of benzene rings is 3. The summed E-state index contributed by atoms with van der Waals surface area (Å²) in [4.78, 5) is 2.21. The van der Waals surface area contributed by atoms with Crippen molar-refractivity contribution < 1.29 is 9.47 Å². The molecule has 2 heterocycles. The fraction of sp³-hybridized carbons (Fsp3) is 0. The van der Waals surface area contributed by atoms with Gasteiger partial charge in [0.2, 0.25) is 11.4 Å². The minimum atomic E-state index is 0.820. The van der Waals surface area contributed by atoms with Crippen molar-refractivity contribution in [2.75, 3.05) is 0 Å². The molecule has 0 spiro atoms. The maximum atomic E-state index is 6.02. The quantitative estimate of drug-likeness (QED) is 0.356. The Morgan fingerprint density at radius 2 is 1.00 bits per heavy atom. The average Bonchev–Trinajstić information content (AvgIpc) is 2.54. The Hall–Kier alpha value is -2.78. The van der Waals surface area contributed by atoms with Gasteiger partial charge in [-0.15, -0.1) is 0 Å². The molecular weight excluding hydrogens is 262 g/mol. The zero-order valence-corrected chi connectivity index (χ0v) is 11.1. The van der Waals surface area contributed by atoms with E-state index in [0.717, 1.165) is 40.1 Å². The summed E-state index contributed by atoms with van der Waals surface area (Å²) in [7, 11) is 0. The molecule has 5 rings (SSSR count). The molecule has 0 saturated carbocycles. The maximum absolute atomic E-state index is 6.02. The predicted molar refractivity (Wildman–Crippen MR) is 80.6 cm³/mol. The van der Waals surface area contributed by atoms with Gasteiger partial charge in [0.1, 0.15) is 0 Å². The van der Waals surface area contributed by atoms with Gasteiger partial charge in [0.05, 0.1) is 0 Å². The fourth-order valence-electron chi connectivity index (χ4n) is 2.95. The third-order valence-electron chi connectivity index (χ3n) is 3.84. The van der Waals surface area contributed by atoms with Crippen molar-refractivity contribution in [3.63, 3.8) is 0 Å². The molecule has 0 atom stereocenters. The molecule has 0 aliphatic carbocycles. The summed E-state index contributed by atoms with van der Waals surface area (Å²) in [5, 5.41) is 0. The van der Waals surface area contributed by atoms with E-state index in [1.54, 1.807) is 0 Å². The zero-order chi connectivity index (χ0) is 13.8. The molecule has 0 amide bonds. The first kappa shape index (κ1) is 10.9. The van der Waals surface area contributed by atoms with Gasteiger partial charge < -0.3 is 9.47 Å². The van der Waals surface area contributed by atoms with Gasteiger partial charge in [-0.05, 0) is 29.2 Å². The Labute approximate surface area is 122 Å². The fourth-order valence-corrected chi connectivity index (χ4v) is 2.95. The number of fused-ring (bicyclic) bond motifs is 4. The van der Waals surface area contributed by atoms with Crippen molar-refractivity contribution in [3.8, 4) is 23.0 Å². The molecule has 0 aromatic heterocycles. The van der Waals surface area contributed by atoms with Crippen LogP contribution in [0, 0.1) is 0 Å². The number of nitrogens with zero attached hydrogens (tertiary/aromatic N) is 1. The third kappa shape index (κ3) is 1.41. The Kier molecular flexibility index (Phi) is 2.02. The molecule has 3 nitrogen and oxygen atoms in total. The first-order valence-corrected chi connectivity index (χ1v) is 6.89. The van der Waals surface area contributed by atoms with Gasteiger partial charge in [-0.3, -0.25) is 0 Å². The van der Waals surface area contributed by atoms with E-state index in [9.17, 15) is 0 Å². The Balaban J connectivity index is 1.88. The maximum Gasteiger partial charge on any atom is 0.278 e. The predicted octanol–water partition coefficient (Wildman–Crippen LogP) is 5.33. The normalized spacial score (nSPS) is 14.3. The molecule has 0 unspecified atom stereocenters. The van der Waals surface area contributed by atoms with Crippen LogP contribution in [0.15, 0.2) is 66.7 Å². The number of para-hydroxylation sites is 5. The minimum absolute atomic E-state index is 0.820. The summed E-state index contributed by atoms with van der Waals surface area (Å²) in [5.41, 5.74) is 3.04. The largest absolute Gasteiger partial charge is 0.444 e. The van der Waals surface area contributed by atoms with Crippen LogP contribution in [0.4, 0.5) is 17.1 Å². The second kappa shape index (κ2) is 3.87. The highest BCUT2D eigenvalue weighted by Crippen LogP contribution is 2.58. The van der Waals surface area contributed by atoms with Gasteiger partial charge in [-0.25, -0.2) is 0 Å². The van der Waals surface area contributed by atoms with E-state index in [-0.39, 0.29) is 0 Å². The highest BCUT2D eigenvalue weighted by atomic mass is 16.5. The molecule has 21 heavy (non-hydrogen) atoms. The van der Waals surface area contributed by atoms with E-state index in [0.29, 0.717) is 0 Å². The topological polar surface area (TPSA) is 24.4 Å². The van der Waals surface area contributed by atoms with Gasteiger partial charge in [0.25, 0.3) is 5.69 Å². The zero-order valence-electron chi connectivity index (χ0n) is 11.1. The van der Waals surface area contributed by atoms with Crippen molar-refractivity contribution in [1.82, 2.24) is 4.90 Å². The SMILES string of the molecule is c1ccc2c(c1)Oc1cccc3c1[N+]2c1ccccc1O3. The molecular formula is C18H11NO2+. The Bertz CT molecular complexity index is 805. The minimum Gasteiger partial charge on any atom is -0.444 e. The molecule has 0 bridgehead atoms. The Morgan fingerprint density at radius 3 is 1.57 bits per heavy atom. The number of rotatable bonds is 0. The van der Waals surface area contributed by atoms with E-state index in [4.69, 9.17) is 9.47 Å². The lowest BCUT2D eigenvalue weighted by Crippen LogP contribution is -2.21. The number of hydrogen-bond acceptors (Lipinski definition) is 3. The lowest BCUT2D eigenvalue weighted by atomic mass is 10.1. The van der Waals surface area contributed by atoms with Gasteiger partial charge in [0.15, 0.2) is 23.0 Å². The number of anilines is 3. The molecule has 3 aromatic carbocycles. The van der Waals surface area contributed by atoms with Crippen molar-refractivity contribution in [2.45, 2.75) is 0 Å². The van der Waals surface area contributed by atoms with E-state index < -0.39 is 0 Å². The molecule has 0 saturated heterocycles. The highest BCUT2D eigenvalue weighted by molar-refractivity contribution is 5.84. The monoisotopic (exact) mass is 273 g/mol. The number of hydrogen-bond donors (Lipinski definition) is 0. The van der Waals surface area contributed by atoms with Crippen molar-refractivity contribution in [3.05, 3.63) is 66.7 Å². The standard InChI is InChI=1S/C18H11NO2/c1-3-8-14-12(6-1)19-13-7-2-4-9-15(13)21-17-11-5-10-16(20-14)18(17)19/h1-11H/q+1. The van der Waals surface area contributed by atoms with Gasteiger partial charge in [-0.2, -0.15) is 0 Å². The van der Waals surface area contributed by atoms with Crippen LogP contribution in [0.1, 0.15) is 0 Å². The molecule has 99 valence electrons. The van der Waals surface area contributed by atoms with Gasteiger partial charge >= 0.3 is 0 Å². The van der Waals surface area contributed by atoms with Crippen LogP contribution in [0.2, 0.25) is 0 Å². The van der Waals surface area contributed by atoms with E-state index in [1.807, 2.05) is 54.6 Å². The van der Waals surface area contributed by atoms with E-state index in [2.05, 4.69) is 17.0 Å². The van der Waals surface area contributed by atoms with Crippen LogP contribution in [0.3, 0.4) is 0 Å². The van der Waals surface area contributed by atoms with Crippen LogP contribution in [-0.4, -0.2) is 0 Å². The lowest BCUT2D eigenvalue weighted by Gasteiger charge is -2.27. The van der Waals surface area contributed by atoms with Crippen LogP contribution >= 0.6 is 0 Å². The molecule has 3 aromatic rings. The third-order valence-corrected chi connectivity index (χ3v) is 3.84. The molecule has 2 aliphatic rings. The second-order valence-electron chi connectivity index (χ2n) is 5.08. The first-order chi connectivity index (χ1) is 10.4. The smallest absolute Gasteiger partial charge is 0.278 e. The molecule has 2 aliphatic heterocycles. The molecule has 3 heteroatoms. The van der Waals surface area contributed by atoms with Crippen LogP contribution in [0.5, 0.6) is 23.0 Å². The summed E-state index contributed by atoms with van der Waals surface area (Å²) >= 11 is 0.